The van der Waals surface area contributed by atoms with Gasteiger partial charge >= 0.3 is 11.9 Å². The smallest absolute Gasteiger partial charge is 0.326 e. The van der Waals surface area contributed by atoms with Gasteiger partial charge in [-0.15, -0.1) is 0 Å². The summed E-state index contributed by atoms with van der Waals surface area (Å²) in [4.78, 5) is 72.2. The lowest BCUT2D eigenvalue weighted by Gasteiger charge is -2.26. The van der Waals surface area contributed by atoms with Crippen molar-refractivity contribution in [2.24, 2.45) is 28.1 Å². The molecule has 0 aliphatic carbocycles. The lowest BCUT2D eigenvalue weighted by atomic mass is 9.98. The van der Waals surface area contributed by atoms with Crippen LogP contribution in [-0.4, -0.2) is 86.5 Å². The van der Waals surface area contributed by atoms with Crippen LogP contribution in [0.3, 0.4) is 0 Å². The Labute approximate surface area is 225 Å². The van der Waals surface area contributed by atoms with Crippen molar-refractivity contribution >= 4 is 35.6 Å². The molecule has 0 radical (unpaired) electrons. The standard InChI is InChI=1S/C23H39N9O7/c1-3-12(2)18(24)21(37)31-14(5-4-8-28-23(25)26)19(35)30-15(6-7-17(33)34)20(36)32-16(22(38)39)9-13-10-27-11-29-13/h10-12,14-16,18H,3-9,24H2,1-2H3,(H,27,29)(H,30,35)(H,31,37)(H,32,36)(H,33,34)(H,38,39)(H4,25,26,28). The van der Waals surface area contributed by atoms with Crippen molar-refractivity contribution in [3.05, 3.63) is 18.2 Å². The quantitative estimate of drug-likeness (QED) is 0.0533. The van der Waals surface area contributed by atoms with Crippen LogP contribution in [0, 0.1) is 5.92 Å². The molecule has 1 aromatic heterocycles. The first kappa shape index (κ1) is 32.8. The van der Waals surface area contributed by atoms with E-state index in [1.165, 1.54) is 12.5 Å². The van der Waals surface area contributed by atoms with Gasteiger partial charge in [0.05, 0.1) is 12.4 Å². The van der Waals surface area contributed by atoms with Crippen LogP contribution in [0.15, 0.2) is 17.5 Å². The molecule has 39 heavy (non-hydrogen) atoms. The van der Waals surface area contributed by atoms with Crippen molar-refractivity contribution in [1.82, 2.24) is 25.9 Å². The number of aromatic amines is 1. The summed E-state index contributed by atoms with van der Waals surface area (Å²) < 4.78 is 0. The van der Waals surface area contributed by atoms with E-state index in [1.54, 1.807) is 6.92 Å². The van der Waals surface area contributed by atoms with Gasteiger partial charge in [0, 0.05) is 31.3 Å². The number of carboxylic acid groups (broad SMARTS) is 2. The number of rotatable bonds is 18. The molecule has 1 rings (SSSR count). The molecule has 0 fully saturated rings. The Morgan fingerprint density at radius 2 is 1.59 bits per heavy atom. The Balaban J connectivity index is 3.07. The maximum Gasteiger partial charge on any atom is 0.326 e. The van der Waals surface area contributed by atoms with Crippen LogP contribution < -0.4 is 33.2 Å². The first-order valence-corrected chi connectivity index (χ1v) is 12.5. The number of carboxylic acids is 2. The summed E-state index contributed by atoms with van der Waals surface area (Å²) in [6.45, 7) is 3.81. The highest BCUT2D eigenvalue weighted by atomic mass is 16.4. The Morgan fingerprint density at radius 1 is 1.00 bits per heavy atom. The summed E-state index contributed by atoms with van der Waals surface area (Å²) in [5.41, 5.74) is 17.1. The molecular formula is C23H39N9O7. The molecule has 218 valence electrons. The number of guanidine groups is 1. The third-order valence-corrected chi connectivity index (χ3v) is 6.01. The zero-order chi connectivity index (χ0) is 29.5. The van der Waals surface area contributed by atoms with Gasteiger partial charge < -0.3 is 48.3 Å². The number of hydrogen-bond acceptors (Lipinski definition) is 8. The summed E-state index contributed by atoms with van der Waals surface area (Å²) in [7, 11) is 0. The van der Waals surface area contributed by atoms with E-state index in [-0.39, 0.29) is 44.1 Å². The van der Waals surface area contributed by atoms with E-state index in [2.05, 4.69) is 30.9 Å². The molecule has 16 nitrogen and oxygen atoms in total. The number of hydrogen-bond donors (Lipinski definition) is 9. The fourth-order valence-corrected chi connectivity index (χ4v) is 3.45. The predicted octanol–water partition coefficient (Wildman–Crippen LogP) is -2.22. The van der Waals surface area contributed by atoms with E-state index in [4.69, 9.17) is 22.3 Å². The lowest BCUT2D eigenvalue weighted by Crippen LogP contribution is -2.57. The number of aromatic nitrogens is 2. The highest BCUT2D eigenvalue weighted by Gasteiger charge is 2.31. The molecule has 12 N–H and O–H groups in total. The van der Waals surface area contributed by atoms with Gasteiger partial charge in [0.25, 0.3) is 0 Å². The van der Waals surface area contributed by atoms with Crippen molar-refractivity contribution in [1.29, 1.82) is 0 Å². The first-order chi connectivity index (χ1) is 18.3. The zero-order valence-electron chi connectivity index (χ0n) is 22.1. The van der Waals surface area contributed by atoms with Crippen molar-refractivity contribution in [2.75, 3.05) is 6.54 Å². The van der Waals surface area contributed by atoms with Crippen molar-refractivity contribution in [3.8, 4) is 0 Å². The Hall–Kier alpha value is -4.21. The highest BCUT2D eigenvalue weighted by molar-refractivity contribution is 5.94. The number of amides is 3. The van der Waals surface area contributed by atoms with Gasteiger partial charge in [-0.3, -0.25) is 24.2 Å². The predicted molar refractivity (Wildman–Crippen MR) is 140 cm³/mol. The number of H-pyrrole nitrogens is 1. The fourth-order valence-electron chi connectivity index (χ4n) is 3.45. The highest BCUT2D eigenvalue weighted by Crippen LogP contribution is 2.09. The molecule has 5 unspecified atom stereocenters. The third kappa shape index (κ3) is 12.3. The van der Waals surface area contributed by atoms with Crippen LogP contribution in [0.2, 0.25) is 0 Å². The first-order valence-electron chi connectivity index (χ1n) is 12.5. The second kappa shape index (κ2) is 16.6. The van der Waals surface area contributed by atoms with E-state index in [0.29, 0.717) is 12.1 Å². The molecule has 0 spiro atoms. The molecule has 1 aromatic rings. The molecule has 0 saturated carbocycles. The van der Waals surface area contributed by atoms with Crippen LogP contribution in [0.25, 0.3) is 0 Å². The number of nitrogens with one attached hydrogen (secondary N) is 4. The topological polar surface area (TPSA) is 281 Å². The number of aliphatic carboxylic acids is 2. The van der Waals surface area contributed by atoms with Crippen LogP contribution in [0.5, 0.6) is 0 Å². The van der Waals surface area contributed by atoms with E-state index >= 15 is 0 Å². The summed E-state index contributed by atoms with van der Waals surface area (Å²) in [6, 6.07) is -4.83. The normalized spacial score (nSPS) is 14.6. The van der Waals surface area contributed by atoms with Gasteiger partial charge in [0.1, 0.15) is 18.1 Å². The molecule has 16 heteroatoms. The van der Waals surface area contributed by atoms with E-state index in [1.807, 2.05) is 6.92 Å². The minimum atomic E-state index is -1.41. The fraction of sp³-hybridized carbons (Fsp3) is 0.609. The summed E-state index contributed by atoms with van der Waals surface area (Å²) >= 11 is 0. The number of carbonyl (C=O) groups excluding carboxylic acids is 3. The lowest BCUT2D eigenvalue weighted by molar-refractivity contribution is -0.143. The maximum atomic E-state index is 13.2. The summed E-state index contributed by atoms with van der Waals surface area (Å²) in [5.74, 6) is -5.15. The van der Waals surface area contributed by atoms with E-state index in [0.717, 1.165) is 0 Å². The monoisotopic (exact) mass is 553 g/mol. The number of imidazole rings is 1. The average molecular weight is 554 g/mol. The molecule has 0 aromatic carbocycles. The molecular weight excluding hydrogens is 514 g/mol. The van der Waals surface area contributed by atoms with Crippen LogP contribution >= 0.6 is 0 Å². The van der Waals surface area contributed by atoms with Gasteiger partial charge in [-0.25, -0.2) is 9.78 Å². The van der Waals surface area contributed by atoms with Crippen LogP contribution in [0.1, 0.15) is 51.6 Å². The zero-order valence-corrected chi connectivity index (χ0v) is 22.1. The summed E-state index contributed by atoms with van der Waals surface area (Å²) in [6.07, 6.45) is 2.78. The molecule has 0 saturated heterocycles. The molecule has 0 bridgehead atoms. The minimum Gasteiger partial charge on any atom is -0.481 e. The van der Waals surface area contributed by atoms with Crippen molar-refractivity contribution in [3.63, 3.8) is 0 Å². The second-order valence-corrected chi connectivity index (χ2v) is 9.10. The molecule has 0 aliphatic heterocycles. The number of nitrogens with zero attached hydrogens (tertiary/aromatic N) is 2. The molecule has 5 atom stereocenters. The Bertz CT molecular complexity index is 996. The van der Waals surface area contributed by atoms with Gasteiger partial charge in [0.2, 0.25) is 17.7 Å². The molecule has 1 heterocycles. The number of carbonyl (C=O) groups is 5. The number of nitrogens with two attached hydrogens (primary N) is 3. The molecule has 3 amide bonds. The second-order valence-electron chi connectivity index (χ2n) is 9.10. The molecule has 0 aliphatic rings. The van der Waals surface area contributed by atoms with Gasteiger partial charge in [-0.05, 0) is 25.2 Å². The maximum absolute atomic E-state index is 13.2. The third-order valence-electron chi connectivity index (χ3n) is 6.01. The average Bonchev–Trinajstić information content (AvgIpc) is 3.39. The van der Waals surface area contributed by atoms with E-state index < -0.39 is 60.2 Å². The van der Waals surface area contributed by atoms with Crippen molar-refractivity contribution in [2.45, 2.75) is 76.5 Å². The number of aliphatic imine (C=N–C) groups is 1. The SMILES string of the molecule is CCC(C)C(N)C(=O)NC(CCCN=C(N)N)C(=O)NC(CCC(=O)O)C(=O)NC(Cc1cnc[nH]1)C(=O)O. The largest absolute Gasteiger partial charge is 0.481 e. The van der Waals surface area contributed by atoms with Gasteiger partial charge in [-0.1, -0.05) is 20.3 Å². The van der Waals surface area contributed by atoms with Crippen LogP contribution in [0.4, 0.5) is 0 Å². The van der Waals surface area contributed by atoms with E-state index in [9.17, 15) is 29.1 Å². The Kier molecular flexibility index (Phi) is 14.0. The Morgan fingerprint density at radius 3 is 2.10 bits per heavy atom. The minimum absolute atomic E-state index is 0.0758. The van der Waals surface area contributed by atoms with Crippen LogP contribution in [-0.2, 0) is 30.4 Å². The van der Waals surface area contributed by atoms with Crippen molar-refractivity contribution < 1.29 is 34.2 Å². The van der Waals surface area contributed by atoms with Gasteiger partial charge in [0.15, 0.2) is 5.96 Å². The summed E-state index contributed by atoms with van der Waals surface area (Å²) in [5, 5.41) is 26.0. The van der Waals surface area contributed by atoms with Gasteiger partial charge in [-0.2, -0.15) is 0 Å².